The van der Waals surface area contributed by atoms with E-state index >= 15 is 0 Å². The predicted octanol–water partition coefficient (Wildman–Crippen LogP) is 4.63. The lowest BCUT2D eigenvalue weighted by Crippen LogP contribution is -2.14. The largest absolute Gasteiger partial charge is 0.321 e. The summed E-state index contributed by atoms with van der Waals surface area (Å²) in [6, 6.07) is 16.5. The summed E-state index contributed by atoms with van der Waals surface area (Å²) < 4.78 is 0. The van der Waals surface area contributed by atoms with E-state index in [0.717, 1.165) is 16.5 Å². The molecule has 122 valence electrons. The number of nitrogens with one attached hydrogen (secondary N) is 1. The minimum Gasteiger partial charge on any atom is -0.321 e. The van der Waals surface area contributed by atoms with Gasteiger partial charge in [0.1, 0.15) is 5.69 Å². The second-order valence-electron chi connectivity index (χ2n) is 5.43. The van der Waals surface area contributed by atoms with Gasteiger partial charge >= 0.3 is 0 Å². The SMILES string of the molecule is C.CC(=O)c1ccc(NC(=O)c2ccc3ccccc3n2)cc1C. The van der Waals surface area contributed by atoms with E-state index in [1.165, 1.54) is 6.92 Å². The van der Waals surface area contributed by atoms with Crippen molar-refractivity contribution < 1.29 is 9.59 Å². The van der Waals surface area contributed by atoms with E-state index in [1.807, 2.05) is 37.3 Å². The quantitative estimate of drug-likeness (QED) is 0.716. The number of para-hydroxylation sites is 1. The molecule has 0 aliphatic rings. The molecule has 1 heterocycles. The Morgan fingerprint density at radius 3 is 2.46 bits per heavy atom. The highest BCUT2D eigenvalue weighted by molar-refractivity contribution is 6.04. The highest BCUT2D eigenvalue weighted by atomic mass is 16.2. The summed E-state index contributed by atoms with van der Waals surface area (Å²) in [6.07, 6.45) is 0. The molecule has 0 saturated carbocycles. The maximum atomic E-state index is 12.3. The Morgan fingerprint density at radius 2 is 1.75 bits per heavy atom. The van der Waals surface area contributed by atoms with Crippen LogP contribution in [0.1, 0.15) is 40.8 Å². The number of pyridine rings is 1. The Hall–Kier alpha value is -3.01. The van der Waals surface area contributed by atoms with Gasteiger partial charge in [-0.25, -0.2) is 4.98 Å². The Balaban J connectivity index is 0.00000208. The average molecular weight is 320 g/mol. The minimum atomic E-state index is -0.272. The molecule has 4 heteroatoms. The summed E-state index contributed by atoms with van der Waals surface area (Å²) in [6.45, 7) is 3.38. The topological polar surface area (TPSA) is 59.1 Å². The van der Waals surface area contributed by atoms with Gasteiger partial charge < -0.3 is 5.32 Å². The van der Waals surface area contributed by atoms with Gasteiger partial charge in [-0.2, -0.15) is 0 Å². The summed E-state index contributed by atoms with van der Waals surface area (Å²) in [4.78, 5) is 28.2. The summed E-state index contributed by atoms with van der Waals surface area (Å²) in [7, 11) is 0. The predicted molar refractivity (Wildman–Crippen MR) is 97.6 cm³/mol. The van der Waals surface area contributed by atoms with Crippen LogP contribution in [0.5, 0.6) is 0 Å². The zero-order chi connectivity index (χ0) is 16.4. The summed E-state index contributed by atoms with van der Waals surface area (Å²) in [5.41, 5.74) is 3.28. The number of hydrogen-bond donors (Lipinski definition) is 1. The van der Waals surface area contributed by atoms with Crippen LogP contribution in [-0.2, 0) is 0 Å². The van der Waals surface area contributed by atoms with Crippen molar-refractivity contribution in [3.8, 4) is 0 Å². The van der Waals surface area contributed by atoms with E-state index in [4.69, 9.17) is 0 Å². The van der Waals surface area contributed by atoms with Crippen LogP contribution in [0, 0.1) is 6.92 Å². The number of aryl methyl sites for hydroxylation is 1. The first-order valence-corrected chi connectivity index (χ1v) is 7.33. The van der Waals surface area contributed by atoms with E-state index in [2.05, 4.69) is 10.3 Å². The first kappa shape index (κ1) is 17.3. The molecule has 0 radical (unpaired) electrons. The van der Waals surface area contributed by atoms with Crippen molar-refractivity contribution in [1.29, 1.82) is 0 Å². The number of nitrogens with zero attached hydrogens (tertiary/aromatic N) is 1. The van der Waals surface area contributed by atoms with E-state index in [1.54, 1.807) is 24.3 Å². The van der Waals surface area contributed by atoms with Crippen LogP contribution in [0.4, 0.5) is 5.69 Å². The zero-order valence-electron chi connectivity index (χ0n) is 13.0. The minimum absolute atomic E-state index is 0. The number of fused-ring (bicyclic) bond motifs is 1. The molecule has 0 spiro atoms. The van der Waals surface area contributed by atoms with Gasteiger partial charge in [0, 0.05) is 16.6 Å². The van der Waals surface area contributed by atoms with Gasteiger partial charge in [0.15, 0.2) is 5.78 Å². The third kappa shape index (κ3) is 3.49. The molecule has 0 fully saturated rings. The van der Waals surface area contributed by atoms with E-state index in [-0.39, 0.29) is 19.1 Å². The third-order valence-electron chi connectivity index (χ3n) is 3.69. The summed E-state index contributed by atoms with van der Waals surface area (Å²) in [5, 5.41) is 3.81. The fourth-order valence-corrected chi connectivity index (χ4v) is 2.52. The smallest absolute Gasteiger partial charge is 0.274 e. The van der Waals surface area contributed by atoms with Crippen LogP contribution in [0.3, 0.4) is 0 Å². The molecular weight excluding hydrogens is 300 g/mol. The lowest BCUT2D eigenvalue weighted by molar-refractivity contribution is 0.101. The van der Waals surface area contributed by atoms with Crippen LogP contribution >= 0.6 is 0 Å². The van der Waals surface area contributed by atoms with Gasteiger partial charge in [0.2, 0.25) is 0 Å². The number of anilines is 1. The molecule has 3 aromatic rings. The number of amides is 1. The molecule has 0 atom stereocenters. The van der Waals surface area contributed by atoms with Crippen molar-refractivity contribution in [3.63, 3.8) is 0 Å². The van der Waals surface area contributed by atoms with E-state index in [0.29, 0.717) is 16.9 Å². The van der Waals surface area contributed by atoms with Gasteiger partial charge in [0.25, 0.3) is 5.91 Å². The first-order valence-electron chi connectivity index (χ1n) is 7.33. The second-order valence-corrected chi connectivity index (χ2v) is 5.43. The lowest BCUT2D eigenvalue weighted by Gasteiger charge is -2.08. The van der Waals surface area contributed by atoms with Crippen LogP contribution in [0.15, 0.2) is 54.6 Å². The average Bonchev–Trinajstić information content (AvgIpc) is 2.54. The molecule has 0 unspecified atom stereocenters. The highest BCUT2D eigenvalue weighted by Gasteiger charge is 2.10. The molecule has 3 rings (SSSR count). The second kappa shape index (κ2) is 7.04. The fourth-order valence-electron chi connectivity index (χ4n) is 2.52. The molecule has 0 bridgehead atoms. The van der Waals surface area contributed by atoms with E-state index < -0.39 is 0 Å². The number of hydrogen-bond acceptors (Lipinski definition) is 3. The van der Waals surface area contributed by atoms with Crippen LogP contribution in [-0.4, -0.2) is 16.7 Å². The molecule has 4 nitrogen and oxygen atoms in total. The number of benzene rings is 2. The van der Waals surface area contributed by atoms with Crippen LogP contribution in [0.2, 0.25) is 0 Å². The number of carbonyl (C=O) groups is 2. The van der Waals surface area contributed by atoms with Crippen molar-refractivity contribution in [2.45, 2.75) is 21.3 Å². The van der Waals surface area contributed by atoms with Gasteiger partial charge in [-0.15, -0.1) is 0 Å². The number of aromatic nitrogens is 1. The standard InChI is InChI=1S/C19H16N2O2.CH4/c1-12-11-15(8-9-16(12)13(2)22)20-19(23)18-10-7-14-5-3-4-6-17(14)21-18;/h3-11H,1-2H3,(H,20,23);1H4. The molecule has 1 amide bonds. The van der Waals surface area contributed by atoms with Gasteiger partial charge in [-0.1, -0.05) is 31.7 Å². The van der Waals surface area contributed by atoms with E-state index in [9.17, 15) is 9.59 Å². The van der Waals surface area contributed by atoms with Gasteiger partial charge in [-0.3, -0.25) is 9.59 Å². The number of rotatable bonds is 3. The van der Waals surface area contributed by atoms with Crippen molar-refractivity contribution in [2.75, 3.05) is 5.32 Å². The number of ketones is 1. The number of carbonyl (C=O) groups excluding carboxylic acids is 2. The normalized spacial score (nSPS) is 10.1. The van der Waals surface area contributed by atoms with Crippen molar-refractivity contribution in [3.05, 3.63) is 71.4 Å². The lowest BCUT2D eigenvalue weighted by atomic mass is 10.0. The van der Waals surface area contributed by atoms with Gasteiger partial charge in [0.05, 0.1) is 5.52 Å². The molecule has 1 aromatic heterocycles. The van der Waals surface area contributed by atoms with Crippen molar-refractivity contribution in [2.24, 2.45) is 0 Å². The molecule has 0 aliphatic heterocycles. The molecule has 2 aromatic carbocycles. The molecule has 24 heavy (non-hydrogen) atoms. The first-order chi connectivity index (χ1) is 11.0. The third-order valence-corrected chi connectivity index (χ3v) is 3.69. The Morgan fingerprint density at radius 1 is 1.00 bits per heavy atom. The molecular formula is C20H20N2O2. The van der Waals surface area contributed by atoms with Crippen molar-refractivity contribution >= 4 is 28.3 Å². The Kier molecular flexibility index (Phi) is 5.09. The molecule has 0 saturated heterocycles. The van der Waals surface area contributed by atoms with Crippen molar-refractivity contribution in [1.82, 2.24) is 4.98 Å². The zero-order valence-corrected chi connectivity index (χ0v) is 13.0. The summed E-state index contributed by atoms with van der Waals surface area (Å²) >= 11 is 0. The fraction of sp³-hybridized carbons (Fsp3) is 0.150. The maximum absolute atomic E-state index is 12.3. The Labute approximate surface area is 141 Å². The monoisotopic (exact) mass is 320 g/mol. The van der Waals surface area contributed by atoms with Crippen LogP contribution < -0.4 is 5.32 Å². The summed E-state index contributed by atoms with van der Waals surface area (Å²) in [5.74, 6) is -0.262. The molecule has 1 N–H and O–H groups in total. The van der Waals surface area contributed by atoms with Gasteiger partial charge in [-0.05, 0) is 49.7 Å². The Bertz CT molecular complexity index is 916. The highest BCUT2D eigenvalue weighted by Crippen LogP contribution is 2.17. The maximum Gasteiger partial charge on any atom is 0.274 e. The van der Waals surface area contributed by atoms with Crippen LogP contribution in [0.25, 0.3) is 10.9 Å². The molecule has 0 aliphatic carbocycles. The number of Topliss-reactive ketones (excluding diaryl/α,β-unsaturated/α-hetero) is 1.